The number of nitrogens with zero attached hydrogens (tertiary/aromatic N) is 2. The molecule has 0 spiro atoms. The van der Waals surface area contributed by atoms with Crippen molar-refractivity contribution in [2.75, 3.05) is 29.6 Å². The Morgan fingerprint density at radius 2 is 1.09 bits per heavy atom. The number of ether oxygens (including phenoxy) is 3. The number of benzene rings is 2. The summed E-state index contributed by atoms with van der Waals surface area (Å²) in [5.41, 5.74) is -0.258. The normalized spacial score (nSPS) is 30.6. The van der Waals surface area contributed by atoms with Crippen molar-refractivity contribution in [2.45, 2.75) is 38.9 Å². The molecule has 2 aliphatic heterocycles. The van der Waals surface area contributed by atoms with Crippen molar-refractivity contribution in [3.63, 3.8) is 0 Å². The van der Waals surface area contributed by atoms with Gasteiger partial charge in [0, 0.05) is 11.0 Å². The summed E-state index contributed by atoms with van der Waals surface area (Å²) in [6, 6.07) is 13.2. The molecule has 7 rings (SSSR count). The molecule has 5 aliphatic rings. The van der Waals surface area contributed by atoms with E-state index in [9.17, 15) is 24.0 Å². The number of esters is 1. The predicted molar refractivity (Wildman–Crippen MR) is 163 cm³/mol. The van der Waals surface area contributed by atoms with Crippen LogP contribution in [0.3, 0.4) is 0 Å². The topological polar surface area (TPSA) is 120 Å². The van der Waals surface area contributed by atoms with Crippen LogP contribution >= 0.6 is 15.9 Å². The van der Waals surface area contributed by atoms with Crippen molar-refractivity contribution >= 4 is 56.9 Å². The van der Waals surface area contributed by atoms with Crippen LogP contribution in [0.5, 0.6) is 11.5 Å². The summed E-state index contributed by atoms with van der Waals surface area (Å²) in [5, 5.41) is 0. The fourth-order valence-electron chi connectivity index (χ4n) is 7.96. The Labute approximate surface area is 263 Å². The van der Waals surface area contributed by atoms with Crippen LogP contribution in [0.4, 0.5) is 11.4 Å². The van der Waals surface area contributed by atoms with Crippen molar-refractivity contribution in [3.8, 4) is 11.5 Å². The fraction of sp³-hybridized carbons (Fsp3) is 0.424. The molecule has 11 heteroatoms. The van der Waals surface area contributed by atoms with E-state index in [0.29, 0.717) is 41.7 Å². The number of hydrogen-bond donors (Lipinski definition) is 0. The second-order valence-corrected chi connectivity index (χ2v) is 12.9. The van der Waals surface area contributed by atoms with E-state index in [-0.39, 0.29) is 12.2 Å². The number of allylic oxidation sites excluding steroid dienone is 1. The first-order chi connectivity index (χ1) is 21.0. The molecule has 2 unspecified atom stereocenters. The number of amides is 4. The van der Waals surface area contributed by atoms with Crippen LogP contribution in [0.2, 0.25) is 0 Å². The van der Waals surface area contributed by atoms with Gasteiger partial charge in [-0.2, -0.15) is 0 Å². The Balaban J connectivity index is 1.51. The molecule has 2 saturated heterocycles. The summed E-state index contributed by atoms with van der Waals surface area (Å²) in [6.45, 7) is 9.69. The van der Waals surface area contributed by atoms with Gasteiger partial charge in [-0.25, -0.2) is 14.6 Å². The average Bonchev–Trinajstić information content (AvgIpc) is 3.43. The minimum absolute atomic E-state index is 0.0690. The number of anilines is 2. The summed E-state index contributed by atoms with van der Waals surface area (Å²) < 4.78 is 15.0. The van der Waals surface area contributed by atoms with Crippen molar-refractivity contribution in [1.29, 1.82) is 0 Å². The van der Waals surface area contributed by atoms with Gasteiger partial charge in [0.2, 0.25) is 23.6 Å². The van der Waals surface area contributed by atoms with Crippen LogP contribution in [-0.4, -0.2) is 53.7 Å². The number of carbonyl (C=O) groups is 5. The summed E-state index contributed by atoms with van der Waals surface area (Å²) in [4.78, 5) is 73.4. The maximum absolute atomic E-state index is 14.4. The third-order valence-electron chi connectivity index (χ3n) is 9.59. The van der Waals surface area contributed by atoms with E-state index in [1.54, 1.807) is 69.3 Å². The third-order valence-corrected chi connectivity index (χ3v) is 11.2. The first-order valence-corrected chi connectivity index (χ1v) is 15.6. The van der Waals surface area contributed by atoms with Gasteiger partial charge in [-0.1, -0.05) is 22.9 Å². The molecule has 0 aromatic heterocycles. The molecule has 10 nitrogen and oxygen atoms in total. The van der Waals surface area contributed by atoms with Gasteiger partial charge in [0.05, 0.1) is 59.2 Å². The minimum atomic E-state index is -1.51. The number of hydrogen-bond acceptors (Lipinski definition) is 8. The lowest BCUT2D eigenvalue weighted by Crippen LogP contribution is -2.67. The Bertz CT molecular complexity index is 1520. The lowest BCUT2D eigenvalue weighted by atomic mass is 9.43. The molecular weight excluding hydrogens is 632 g/mol. The van der Waals surface area contributed by atoms with Crippen LogP contribution in [0, 0.1) is 29.1 Å². The lowest BCUT2D eigenvalue weighted by Gasteiger charge is -2.59. The molecule has 4 amide bonds. The molecule has 2 aromatic rings. The van der Waals surface area contributed by atoms with Gasteiger partial charge in [0.15, 0.2) is 0 Å². The zero-order valence-corrected chi connectivity index (χ0v) is 26.7. The molecule has 6 atom stereocenters. The van der Waals surface area contributed by atoms with E-state index in [1.807, 2.05) is 13.8 Å². The van der Waals surface area contributed by atoms with Crippen molar-refractivity contribution in [3.05, 3.63) is 59.7 Å². The molecule has 2 aromatic carbocycles. The Kier molecular flexibility index (Phi) is 7.22. The molecule has 1 saturated carbocycles. The molecule has 0 N–H and O–H groups in total. The second-order valence-electron chi connectivity index (χ2n) is 11.6. The maximum Gasteiger partial charge on any atom is 0.334 e. The highest BCUT2D eigenvalue weighted by atomic mass is 79.9. The van der Waals surface area contributed by atoms with Gasteiger partial charge in [0.25, 0.3) is 0 Å². The number of alkyl halides is 1. The highest BCUT2D eigenvalue weighted by Crippen LogP contribution is 2.72. The van der Waals surface area contributed by atoms with Gasteiger partial charge in [0.1, 0.15) is 11.5 Å². The van der Waals surface area contributed by atoms with Crippen LogP contribution in [0.1, 0.15) is 34.6 Å². The molecular formula is C33H33BrN2O8. The smallest absolute Gasteiger partial charge is 0.334 e. The number of rotatable bonds is 8. The van der Waals surface area contributed by atoms with Crippen LogP contribution in [0.15, 0.2) is 59.7 Å². The van der Waals surface area contributed by atoms with Gasteiger partial charge >= 0.3 is 5.97 Å². The predicted octanol–water partition coefficient (Wildman–Crippen LogP) is 4.44. The fourth-order valence-corrected chi connectivity index (χ4v) is 9.07. The Morgan fingerprint density at radius 1 is 0.705 bits per heavy atom. The first kappa shape index (κ1) is 30.1. The summed E-state index contributed by atoms with van der Waals surface area (Å²) in [6.07, 6.45) is 0. The lowest BCUT2D eigenvalue weighted by molar-refractivity contribution is -0.152. The highest BCUT2D eigenvalue weighted by molar-refractivity contribution is 9.10. The van der Waals surface area contributed by atoms with E-state index in [1.165, 1.54) is 0 Å². The first-order valence-electron chi connectivity index (χ1n) is 14.8. The Hall–Kier alpha value is -3.99. The van der Waals surface area contributed by atoms with Crippen LogP contribution < -0.4 is 19.3 Å². The zero-order chi connectivity index (χ0) is 31.7. The van der Waals surface area contributed by atoms with Crippen molar-refractivity contribution in [2.24, 2.45) is 29.1 Å². The van der Waals surface area contributed by atoms with E-state index in [2.05, 4.69) is 15.9 Å². The van der Waals surface area contributed by atoms with E-state index in [4.69, 9.17) is 14.2 Å². The SMILES string of the molecule is CCOC(=O)C1=C(C)C2(Br)[C@@H]3C(=O)N(c4ccc(OCC)cc4)C(=O)[C@H]3C1(C)[C@H]1C(=O)N(c3ccc(OCC)cc3)C(=O)[C@H]12. The van der Waals surface area contributed by atoms with Gasteiger partial charge in [-0.15, -0.1) is 0 Å². The Morgan fingerprint density at radius 3 is 1.45 bits per heavy atom. The molecule has 44 heavy (non-hydrogen) atoms. The van der Waals surface area contributed by atoms with E-state index >= 15 is 0 Å². The quantitative estimate of drug-likeness (QED) is 0.231. The standard InChI is InChI=1S/C33H33BrN2O8/c1-6-42-20-13-9-18(10-14-20)35-27(37)23-25(29(35)39)33(34)17(4)22(31(41)44-8-3)32(23,5)24-26(33)30(40)36(28(24)38)19-11-15-21(16-12-19)43-7-2/h9-16,23-26H,6-8H2,1-5H3/t23-,24+,25-,26-,32?,33?/m0/s1. The largest absolute Gasteiger partial charge is 0.494 e. The third kappa shape index (κ3) is 3.80. The highest BCUT2D eigenvalue weighted by Gasteiger charge is 2.81. The minimum Gasteiger partial charge on any atom is -0.494 e. The molecule has 230 valence electrons. The van der Waals surface area contributed by atoms with Crippen LogP contribution in [0.25, 0.3) is 0 Å². The number of imide groups is 2. The molecule has 3 aliphatic carbocycles. The van der Waals surface area contributed by atoms with Crippen LogP contribution in [-0.2, 0) is 28.7 Å². The van der Waals surface area contributed by atoms with Gasteiger partial charge in [-0.3, -0.25) is 19.2 Å². The van der Waals surface area contributed by atoms with E-state index < -0.39 is 63.0 Å². The molecule has 2 bridgehead atoms. The summed E-state index contributed by atoms with van der Waals surface area (Å²) >= 11 is 3.79. The van der Waals surface area contributed by atoms with E-state index in [0.717, 1.165) is 9.80 Å². The maximum atomic E-state index is 14.4. The van der Waals surface area contributed by atoms with Gasteiger partial charge in [-0.05, 0) is 81.8 Å². The second kappa shape index (κ2) is 10.6. The average molecular weight is 666 g/mol. The summed E-state index contributed by atoms with van der Waals surface area (Å²) in [5.74, 6) is -5.92. The summed E-state index contributed by atoms with van der Waals surface area (Å²) in [7, 11) is 0. The molecule has 2 heterocycles. The monoisotopic (exact) mass is 664 g/mol. The number of carbonyl (C=O) groups excluding carboxylic acids is 5. The number of halogens is 1. The van der Waals surface area contributed by atoms with Crippen molar-refractivity contribution in [1.82, 2.24) is 0 Å². The zero-order valence-electron chi connectivity index (χ0n) is 25.1. The van der Waals surface area contributed by atoms with Gasteiger partial charge < -0.3 is 14.2 Å². The molecule has 0 radical (unpaired) electrons. The van der Waals surface area contributed by atoms with Crippen molar-refractivity contribution < 1.29 is 38.2 Å². The molecule has 3 fully saturated rings.